The van der Waals surface area contributed by atoms with Gasteiger partial charge in [0, 0.05) is 7.11 Å². The van der Waals surface area contributed by atoms with Gasteiger partial charge < -0.3 is 14.6 Å². The summed E-state index contributed by atoms with van der Waals surface area (Å²) >= 11 is 0. The summed E-state index contributed by atoms with van der Waals surface area (Å²) in [6, 6.07) is 15.5. The molecule has 0 saturated heterocycles. The second kappa shape index (κ2) is 6.29. The van der Waals surface area contributed by atoms with Gasteiger partial charge in [-0.25, -0.2) is 0 Å². The Labute approximate surface area is 125 Å². The molecule has 3 rings (SSSR count). The van der Waals surface area contributed by atoms with E-state index in [-0.39, 0.29) is 0 Å². The highest BCUT2D eigenvalue weighted by Crippen LogP contribution is 2.30. The van der Waals surface area contributed by atoms with Crippen LogP contribution < -0.4 is 4.74 Å². The number of rotatable bonds is 6. The summed E-state index contributed by atoms with van der Waals surface area (Å²) in [5.74, 6) is 0.838. The van der Waals surface area contributed by atoms with Crippen LogP contribution in [-0.4, -0.2) is 18.3 Å². The molecule has 2 aromatic rings. The maximum atomic E-state index is 10.5. The first kappa shape index (κ1) is 14.1. The Morgan fingerprint density at radius 3 is 2.52 bits per heavy atom. The number of hydrogen-bond acceptors (Lipinski definition) is 3. The fraction of sp³-hybridized carbons (Fsp3) is 0.333. The van der Waals surface area contributed by atoms with Crippen molar-refractivity contribution >= 4 is 0 Å². The van der Waals surface area contributed by atoms with Gasteiger partial charge in [0.2, 0.25) is 0 Å². The van der Waals surface area contributed by atoms with Crippen LogP contribution >= 0.6 is 0 Å². The quantitative estimate of drug-likeness (QED) is 0.883. The van der Waals surface area contributed by atoms with Gasteiger partial charge in [0.05, 0.1) is 12.7 Å². The van der Waals surface area contributed by atoms with Gasteiger partial charge in [0.1, 0.15) is 11.9 Å². The van der Waals surface area contributed by atoms with Crippen molar-refractivity contribution in [2.75, 3.05) is 7.11 Å². The van der Waals surface area contributed by atoms with Crippen LogP contribution in [0.4, 0.5) is 0 Å². The van der Waals surface area contributed by atoms with Crippen molar-refractivity contribution in [2.24, 2.45) is 0 Å². The summed E-state index contributed by atoms with van der Waals surface area (Å²) in [4.78, 5) is 0. The number of methoxy groups -OCH3 is 1. The second-order valence-electron chi connectivity index (χ2n) is 5.47. The van der Waals surface area contributed by atoms with E-state index in [9.17, 15) is 5.11 Å². The Morgan fingerprint density at radius 2 is 1.86 bits per heavy atom. The first-order valence-electron chi connectivity index (χ1n) is 7.29. The van der Waals surface area contributed by atoms with Gasteiger partial charge >= 0.3 is 0 Å². The smallest absolute Gasteiger partial charge is 0.120 e. The van der Waals surface area contributed by atoms with E-state index < -0.39 is 6.10 Å². The monoisotopic (exact) mass is 284 g/mol. The first-order valence-corrected chi connectivity index (χ1v) is 7.29. The Morgan fingerprint density at radius 1 is 1.10 bits per heavy atom. The summed E-state index contributed by atoms with van der Waals surface area (Å²) in [5, 5.41) is 10.5. The minimum Gasteiger partial charge on any atom is -0.490 e. The van der Waals surface area contributed by atoms with E-state index in [1.54, 1.807) is 7.11 Å². The Hall–Kier alpha value is -1.84. The second-order valence-corrected chi connectivity index (χ2v) is 5.47. The summed E-state index contributed by atoms with van der Waals surface area (Å²) < 4.78 is 10.9. The number of aliphatic hydroxyl groups is 1. The molecule has 0 aromatic heterocycles. The Bertz CT molecular complexity index is 588. The van der Waals surface area contributed by atoms with E-state index in [1.807, 2.05) is 48.5 Å². The molecular formula is C18H20O3. The van der Waals surface area contributed by atoms with Gasteiger partial charge in [0.25, 0.3) is 0 Å². The number of ether oxygens (including phenoxy) is 2. The normalized spacial score (nSPS) is 15.7. The highest BCUT2D eigenvalue weighted by atomic mass is 16.5. The van der Waals surface area contributed by atoms with Crippen molar-refractivity contribution in [1.29, 1.82) is 0 Å². The van der Waals surface area contributed by atoms with Crippen molar-refractivity contribution in [3.05, 3.63) is 65.2 Å². The zero-order chi connectivity index (χ0) is 14.7. The third-order valence-corrected chi connectivity index (χ3v) is 3.61. The van der Waals surface area contributed by atoms with Gasteiger partial charge in [-0.15, -0.1) is 0 Å². The molecule has 1 aliphatic rings. The zero-order valence-electron chi connectivity index (χ0n) is 12.2. The predicted octanol–water partition coefficient (Wildman–Crippen LogP) is 3.46. The van der Waals surface area contributed by atoms with Crippen molar-refractivity contribution in [3.63, 3.8) is 0 Å². The molecule has 21 heavy (non-hydrogen) atoms. The van der Waals surface area contributed by atoms with Crippen molar-refractivity contribution in [1.82, 2.24) is 0 Å². The molecule has 0 bridgehead atoms. The molecule has 3 heteroatoms. The van der Waals surface area contributed by atoms with E-state index in [2.05, 4.69) is 0 Å². The first-order chi connectivity index (χ1) is 10.3. The lowest BCUT2D eigenvalue weighted by molar-refractivity contribution is 0.184. The third-order valence-electron chi connectivity index (χ3n) is 3.61. The average molecular weight is 284 g/mol. The molecule has 1 atom stereocenters. The lowest BCUT2D eigenvalue weighted by atomic mass is 10.0. The Kier molecular flexibility index (Phi) is 4.23. The number of aliphatic hydroxyl groups excluding tert-OH is 1. The molecule has 1 N–H and O–H groups in total. The largest absolute Gasteiger partial charge is 0.490 e. The van der Waals surface area contributed by atoms with Crippen LogP contribution in [0.5, 0.6) is 5.75 Å². The molecule has 0 aliphatic heterocycles. The van der Waals surface area contributed by atoms with Gasteiger partial charge in [-0.1, -0.05) is 36.4 Å². The Balaban J connectivity index is 1.75. The summed E-state index contributed by atoms with van der Waals surface area (Å²) in [5.41, 5.74) is 2.82. The van der Waals surface area contributed by atoms with Crippen molar-refractivity contribution in [3.8, 4) is 5.75 Å². The standard InChI is InChI=1S/C18H20O3/c1-20-12-13-5-7-14(8-6-13)18(19)15-3-2-4-17(11-15)21-16-9-10-16/h2-8,11,16,18-19H,9-10,12H2,1H3. The minimum atomic E-state index is -0.635. The SMILES string of the molecule is COCc1ccc(C(O)c2cccc(OC3CC3)c2)cc1. The highest BCUT2D eigenvalue weighted by Gasteiger charge is 2.23. The van der Waals surface area contributed by atoms with Crippen LogP contribution in [-0.2, 0) is 11.3 Å². The molecule has 110 valence electrons. The van der Waals surface area contributed by atoms with E-state index in [0.29, 0.717) is 12.7 Å². The van der Waals surface area contributed by atoms with Gasteiger partial charge in [0.15, 0.2) is 0 Å². The van der Waals surface area contributed by atoms with Crippen LogP contribution in [0.15, 0.2) is 48.5 Å². The molecular weight excluding hydrogens is 264 g/mol. The van der Waals surface area contributed by atoms with Crippen LogP contribution in [0, 0.1) is 0 Å². The van der Waals surface area contributed by atoms with E-state index in [1.165, 1.54) is 0 Å². The molecule has 1 saturated carbocycles. The van der Waals surface area contributed by atoms with E-state index in [0.717, 1.165) is 35.3 Å². The molecule has 0 radical (unpaired) electrons. The fourth-order valence-electron chi connectivity index (χ4n) is 2.29. The molecule has 1 aliphatic carbocycles. The number of hydrogen-bond donors (Lipinski definition) is 1. The van der Waals surface area contributed by atoms with Crippen molar-refractivity contribution < 1.29 is 14.6 Å². The molecule has 0 spiro atoms. The third kappa shape index (κ3) is 3.63. The van der Waals surface area contributed by atoms with Crippen LogP contribution in [0.2, 0.25) is 0 Å². The van der Waals surface area contributed by atoms with E-state index in [4.69, 9.17) is 9.47 Å². The topological polar surface area (TPSA) is 38.7 Å². The maximum Gasteiger partial charge on any atom is 0.120 e. The molecule has 0 heterocycles. The lowest BCUT2D eigenvalue weighted by Crippen LogP contribution is -2.02. The van der Waals surface area contributed by atoms with Gasteiger partial charge in [-0.3, -0.25) is 0 Å². The molecule has 3 nitrogen and oxygen atoms in total. The average Bonchev–Trinajstić information content (AvgIpc) is 3.32. The molecule has 2 aromatic carbocycles. The van der Waals surface area contributed by atoms with E-state index >= 15 is 0 Å². The fourth-order valence-corrected chi connectivity index (χ4v) is 2.29. The van der Waals surface area contributed by atoms with Crippen LogP contribution in [0.1, 0.15) is 35.6 Å². The molecule has 0 amide bonds. The van der Waals surface area contributed by atoms with Crippen LogP contribution in [0.3, 0.4) is 0 Å². The minimum absolute atomic E-state index is 0.366. The summed E-state index contributed by atoms with van der Waals surface area (Å²) in [6.07, 6.45) is 2.00. The summed E-state index contributed by atoms with van der Waals surface area (Å²) in [7, 11) is 1.67. The molecule has 1 fully saturated rings. The van der Waals surface area contributed by atoms with Crippen molar-refractivity contribution in [2.45, 2.75) is 31.7 Å². The zero-order valence-corrected chi connectivity index (χ0v) is 12.2. The number of benzene rings is 2. The lowest BCUT2D eigenvalue weighted by Gasteiger charge is -2.14. The summed E-state index contributed by atoms with van der Waals surface area (Å²) in [6.45, 7) is 0.584. The highest BCUT2D eigenvalue weighted by molar-refractivity contribution is 5.36. The van der Waals surface area contributed by atoms with Crippen LogP contribution in [0.25, 0.3) is 0 Å². The maximum absolute atomic E-state index is 10.5. The predicted molar refractivity (Wildman–Crippen MR) is 81.3 cm³/mol. The van der Waals surface area contributed by atoms with Gasteiger partial charge in [-0.2, -0.15) is 0 Å². The molecule has 1 unspecified atom stereocenters. The van der Waals surface area contributed by atoms with Gasteiger partial charge in [-0.05, 0) is 41.7 Å².